The van der Waals surface area contributed by atoms with Gasteiger partial charge in [0, 0.05) is 18.9 Å². The van der Waals surface area contributed by atoms with Crippen molar-refractivity contribution in [1.29, 1.82) is 0 Å². The minimum Gasteiger partial charge on any atom is -0.370 e. The topological polar surface area (TPSA) is 50.7 Å². The van der Waals surface area contributed by atoms with Gasteiger partial charge in [0.1, 0.15) is 11.3 Å². The van der Waals surface area contributed by atoms with Crippen molar-refractivity contribution in [2.45, 2.75) is 19.3 Å². The van der Waals surface area contributed by atoms with Gasteiger partial charge < -0.3 is 5.32 Å². The lowest BCUT2D eigenvalue weighted by molar-refractivity contribution is 0.748. The van der Waals surface area contributed by atoms with E-state index in [0.29, 0.717) is 5.65 Å². The van der Waals surface area contributed by atoms with Crippen molar-refractivity contribution in [1.82, 2.24) is 15.0 Å². The summed E-state index contributed by atoms with van der Waals surface area (Å²) in [5.74, 6) is 2.14. The third-order valence-electron chi connectivity index (χ3n) is 2.66. The summed E-state index contributed by atoms with van der Waals surface area (Å²) in [6.45, 7) is 0.965. The molecule has 0 atom stereocenters. The number of pyridine rings is 1. The van der Waals surface area contributed by atoms with E-state index in [1.807, 2.05) is 23.9 Å². The lowest BCUT2D eigenvalue weighted by atomic mass is 10.2. The van der Waals surface area contributed by atoms with Crippen LogP contribution in [-0.4, -0.2) is 33.5 Å². The van der Waals surface area contributed by atoms with Gasteiger partial charge in [0.2, 0.25) is 0 Å². The summed E-state index contributed by atoms with van der Waals surface area (Å²) in [7, 11) is 0. The van der Waals surface area contributed by atoms with Crippen molar-refractivity contribution >= 4 is 28.7 Å². The molecule has 4 nitrogen and oxygen atoms in total. The minimum absolute atomic E-state index is 0.699. The number of nitrogens with zero attached hydrogens (tertiary/aromatic N) is 3. The summed E-state index contributed by atoms with van der Waals surface area (Å²) in [5.41, 5.74) is 1.54. The lowest BCUT2D eigenvalue weighted by Crippen LogP contribution is -2.03. The summed E-state index contributed by atoms with van der Waals surface area (Å²) < 4.78 is 0. The molecule has 2 rings (SSSR count). The summed E-state index contributed by atoms with van der Waals surface area (Å²) in [6, 6.07) is 3.91. The van der Waals surface area contributed by atoms with E-state index >= 15 is 0 Å². The molecule has 2 aromatic rings. The number of hydrogen-bond donors (Lipinski definition) is 1. The fraction of sp³-hybridized carbons (Fsp3) is 0.462. The third-order valence-corrected chi connectivity index (χ3v) is 3.36. The van der Waals surface area contributed by atoms with Crippen LogP contribution in [0.4, 0.5) is 5.82 Å². The first-order valence-electron chi connectivity index (χ1n) is 6.21. The van der Waals surface area contributed by atoms with Crippen molar-refractivity contribution in [3.63, 3.8) is 0 Å². The molecule has 5 heteroatoms. The number of aromatic nitrogens is 3. The van der Waals surface area contributed by atoms with Gasteiger partial charge in [-0.05, 0) is 37.0 Å². The smallest absolute Gasteiger partial charge is 0.180 e. The molecule has 0 spiro atoms. The quantitative estimate of drug-likeness (QED) is 0.777. The van der Waals surface area contributed by atoms with Crippen LogP contribution in [0.25, 0.3) is 11.2 Å². The van der Waals surface area contributed by atoms with E-state index < -0.39 is 0 Å². The number of fused-ring (bicyclic) bond motifs is 1. The van der Waals surface area contributed by atoms with Gasteiger partial charge >= 0.3 is 0 Å². The molecule has 2 aromatic heterocycles. The summed E-state index contributed by atoms with van der Waals surface area (Å²) in [4.78, 5) is 12.8. The predicted octanol–water partition coefficient (Wildman–Crippen LogP) is 2.97. The largest absolute Gasteiger partial charge is 0.370 e. The van der Waals surface area contributed by atoms with Crippen LogP contribution in [0.15, 0.2) is 24.5 Å². The number of thioether (sulfide) groups is 1. The Hall–Kier alpha value is -1.36. The van der Waals surface area contributed by atoms with Gasteiger partial charge in [-0.3, -0.25) is 4.98 Å². The zero-order valence-electron chi connectivity index (χ0n) is 10.6. The van der Waals surface area contributed by atoms with Gasteiger partial charge in [0.05, 0.1) is 0 Å². The van der Waals surface area contributed by atoms with E-state index in [9.17, 15) is 0 Å². The van der Waals surface area contributed by atoms with Crippen molar-refractivity contribution in [3.05, 3.63) is 24.5 Å². The molecule has 96 valence electrons. The van der Waals surface area contributed by atoms with Crippen molar-refractivity contribution in [2.24, 2.45) is 0 Å². The van der Waals surface area contributed by atoms with E-state index in [4.69, 9.17) is 0 Å². The van der Waals surface area contributed by atoms with Crippen molar-refractivity contribution in [2.75, 3.05) is 23.9 Å². The average molecular weight is 262 g/mol. The zero-order chi connectivity index (χ0) is 12.6. The molecule has 0 aromatic carbocycles. The Morgan fingerprint density at radius 3 is 2.89 bits per heavy atom. The van der Waals surface area contributed by atoms with Crippen LogP contribution in [0.1, 0.15) is 19.3 Å². The highest BCUT2D eigenvalue weighted by molar-refractivity contribution is 7.98. The van der Waals surface area contributed by atoms with E-state index in [-0.39, 0.29) is 0 Å². The molecule has 0 fully saturated rings. The maximum Gasteiger partial charge on any atom is 0.180 e. The van der Waals surface area contributed by atoms with Crippen LogP contribution < -0.4 is 5.32 Å². The summed E-state index contributed by atoms with van der Waals surface area (Å²) in [5, 5.41) is 3.33. The van der Waals surface area contributed by atoms with Gasteiger partial charge in [-0.1, -0.05) is 6.42 Å². The van der Waals surface area contributed by atoms with Crippen LogP contribution in [0.5, 0.6) is 0 Å². The normalized spacial score (nSPS) is 10.7. The Morgan fingerprint density at radius 2 is 2.00 bits per heavy atom. The highest BCUT2D eigenvalue weighted by Crippen LogP contribution is 2.10. The standard InChI is InChI=1S/C13H18N4S/c1-18-10-4-2-3-7-15-12-6-5-11-13(17-12)16-9-8-14-11/h5-6,8-9H,2-4,7,10H2,1H3,(H,15,16,17). The number of hydrogen-bond acceptors (Lipinski definition) is 5. The SMILES string of the molecule is CSCCCCCNc1ccc2nccnc2n1. The number of unbranched alkanes of at least 4 members (excludes halogenated alkanes) is 2. The monoisotopic (exact) mass is 262 g/mol. The highest BCUT2D eigenvalue weighted by atomic mass is 32.2. The van der Waals surface area contributed by atoms with Crippen LogP contribution in [0, 0.1) is 0 Å². The van der Waals surface area contributed by atoms with E-state index in [1.54, 1.807) is 12.4 Å². The Labute approximate surface area is 112 Å². The molecule has 18 heavy (non-hydrogen) atoms. The Balaban J connectivity index is 1.81. The minimum atomic E-state index is 0.699. The molecule has 0 bridgehead atoms. The van der Waals surface area contributed by atoms with Crippen LogP contribution >= 0.6 is 11.8 Å². The molecule has 0 saturated heterocycles. The Bertz CT molecular complexity index is 489. The van der Waals surface area contributed by atoms with Crippen LogP contribution in [0.3, 0.4) is 0 Å². The molecule has 2 heterocycles. The first-order valence-corrected chi connectivity index (χ1v) is 7.60. The second kappa shape index (κ2) is 7.16. The second-order valence-corrected chi connectivity index (χ2v) is 5.06. The number of rotatable bonds is 7. The molecule has 0 aliphatic heterocycles. The zero-order valence-corrected chi connectivity index (χ0v) is 11.4. The predicted molar refractivity (Wildman–Crippen MR) is 78.1 cm³/mol. The maximum absolute atomic E-state index is 4.42. The third kappa shape index (κ3) is 3.84. The van der Waals surface area contributed by atoms with Gasteiger partial charge in [0.25, 0.3) is 0 Å². The van der Waals surface area contributed by atoms with E-state index in [1.165, 1.54) is 25.0 Å². The van der Waals surface area contributed by atoms with Gasteiger partial charge in [-0.2, -0.15) is 11.8 Å². The molecule has 1 N–H and O–H groups in total. The fourth-order valence-electron chi connectivity index (χ4n) is 1.72. The summed E-state index contributed by atoms with van der Waals surface area (Å²) in [6.07, 6.45) is 9.24. The molecule has 0 aliphatic carbocycles. The van der Waals surface area contributed by atoms with Crippen molar-refractivity contribution < 1.29 is 0 Å². The van der Waals surface area contributed by atoms with E-state index in [2.05, 4.69) is 26.5 Å². The molecule has 0 aliphatic rings. The Morgan fingerprint density at radius 1 is 1.11 bits per heavy atom. The second-order valence-electron chi connectivity index (χ2n) is 4.08. The molecule has 0 unspecified atom stereocenters. The lowest BCUT2D eigenvalue weighted by Gasteiger charge is -2.05. The van der Waals surface area contributed by atoms with Gasteiger partial charge in [-0.15, -0.1) is 0 Å². The number of anilines is 1. The van der Waals surface area contributed by atoms with Gasteiger partial charge in [0.15, 0.2) is 5.65 Å². The van der Waals surface area contributed by atoms with Gasteiger partial charge in [-0.25, -0.2) is 9.97 Å². The van der Waals surface area contributed by atoms with E-state index in [0.717, 1.165) is 17.9 Å². The first-order chi connectivity index (χ1) is 8.90. The van der Waals surface area contributed by atoms with Crippen molar-refractivity contribution in [3.8, 4) is 0 Å². The molecule has 0 radical (unpaired) electrons. The molecule has 0 amide bonds. The fourth-order valence-corrected chi connectivity index (χ4v) is 2.21. The number of nitrogens with one attached hydrogen (secondary N) is 1. The summed E-state index contributed by atoms with van der Waals surface area (Å²) >= 11 is 1.91. The Kier molecular flexibility index (Phi) is 5.20. The highest BCUT2D eigenvalue weighted by Gasteiger charge is 1.98. The average Bonchev–Trinajstić information content (AvgIpc) is 2.42. The maximum atomic E-state index is 4.42. The molecule has 0 saturated carbocycles. The van der Waals surface area contributed by atoms with Crippen LogP contribution in [-0.2, 0) is 0 Å². The molecular formula is C13H18N4S. The molecular weight excluding hydrogens is 244 g/mol. The first kappa shape index (κ1) is 13.1. The van der Waals surface area contributed by atoms with Crippen LogP contribution in [0.2, 0.25) is 0 Å².